The van der Waals surface area contributed by atoms with E-state index >= 15 is 0 Å². The molecule has 0 spiro atoms. The van der Waals surface area contributed by atoms with Crippen molar-refractivity contribution in [3.8, 4) is 0 Å². The summed E-state index contributed by atoms with van der Waals surface area (Å²) < 4.78 is 5.92. The first-order valence-electron chi connectivity index (χ1n) is 6.64. The third-order valence-electron chi connectivity index (χ3n) is 2.59. The number of nitrogens with one attached hydrogen (secondary N) is 3. The number of nitrogens with zero attached hydrogens (tertiary/aromatic N) is 1. The lowest BCUT2D eigenvalue weighted by Crippen LogP contribution is -2.40. The first-order chi connectivity index (χ1) is 10.2. The number of rotatable bonds is 7. The molecule has 0 aromatic heterocycles. The van der Waals surface area contributed by atoms with Gasteiger partial charge in [-0.3, -0.25) is 9.79 Å². The van der Waals surface area contributed by atoms with E-state index in [4.69, 9.17) is 4.74 Å². The maximum absolute atomic E-state index is 11.8. The zero-order valence-electron chi connectivity index (χ0n) is 12.3. The van der Waals surface area contributed by atoms with E-state index in [1.54, 1.807) is 14.2 Å². The monoisotopic (exact) mass is 356 g/mol. The van der Waals surface area contributed by atoms with Crippen LogP contribution in [0.2, 0.25) is 0 Å². The molecule has 0 unspecified atom stereocenters. The van der Waals surface area contributed by atoms with Gasteiger partial charge in [0.15, 0.2) is 5.96 Å². The maximum Gasteiger partial charge on any atom is 0.226 e. The number of hydrogen-bond donors (Lipinski definition) is 3. The summed E-state index contributed by atoms with van der Waals surface area (Å²) in [5.41, 5.74) is 0.783. The van der Waals surface area contributed by atoms with Gasteiger partial charge in [0.05, 0.1) is 6.61 Å². The van der Waals surface area contributed by atoms with E-state index in [-0.39, 0.29) is 5.91 Å². The van der Waals surface area contributed by atoms with Crippen LogP contribution in [0.3, 0.4) is 0 Å². The van der Waals surface area contributed by atoms with Crippen LogP contribution in [-0.4, -0.2) is 45.7 Å². The third-order valence-corrected chi connectivity index (χ3v) is 3.12. The number of guanidine groups is 1. The Balaban J connectivity index is 2.24. The highest BCUT2D eigenvalue weighted by Gasteiger charge is 2.03. The largest absolute Gasteiger partial charge is 0.383 e. The molecule has 0 saturated heterocycles. The van der Waals surface area contributed by atoms with Crippen LogP contribution in [0.15, 0.2) is 33.7 Å². The lowest BCUT2D eigenvalue weighted by molar-refractivity contribution is -0.116. The van der Waals surface area contributed by atoms with Crippen molar-refractivity contribution in [2.24, 2.45) is 4.99 Å². The Morgan fingerprint density at radius 3 is 2.52 bits per heavy atom. The summed E-state index contributed by atoms with van der Waals surface area (Å²) in [5, 5.41) is 8.98. The molecule has 0 heterocycles. The molecule has 0 aliphatic heterocycles. The molecule has 6 nitrogen and oxygen atoms in total. The quantitative estimate of drug-likeness (QED) is 0.394. The van der Waals surface area contributed by atoms with E-state index in [0.717, 1.165) is 10.2 Å². The van der Waals surface area contributed by atoms with Gasteiger partial charge < -0.3 is 20.7 Å². The van der Waals surface area contributed by atoms with Gasteiger partial charge in [-0.1, -0.05) is 15.9 Å². The fraction of sp³-hybridized carbons (Fsp3) is 0.429. The van der Waals surface area contributed by atoms with E-state index in [1.807, 2.05) is 24.3 Å². The smallest absolute Gasteiger partial charge is 0.226 e. The summed E-state index contributed by atoms with van der Waals surface area (Å²) >= 11 is 3.35. The second kappa shape index (κ2) is 10.2. The third kappa shape index (κ3) is 7.67. The Morgan fingerprint density at radius 1 is 1.24 bits per heavy atom. The van der Waals surface area contributed by atoms with Crippen LogP contribution in [-0.2, 0) is 9.53 Å². The number of ether oxygens (including phenoxy) is 1. The molecule has 1 amide bonds. The molecule has 0 atom stereocenters. The van der Waals surface area contributed by atoms with Gasteiger partial charge in [0.2, 0.25) is 5.91 Å². The van der Waals surface area contributed by atoms with Gasteiger partial charge in [-0.2, -0.15) is 0 Å². The summed E-state index contributed by atoms with van der Waals surface area (Å²) in [5.74, 6) is 0.612. The molecule has 3 N–H and O–H groups in total. The van der Waals surface area contributed by atoms with Crippen molar-refractivity contribution in [1.29, 1.82) is 0 Å². The van der Waals surface area contributed by atoms with E-state index in [0.29, 0.717) is 32.1 Å². The number of carbonyl (C=O) groups is 1. The van der Waals surface area contributed by atoms with Crippen LogP contribution in [0.4, 0.5) is 5.69 Å². The number of anilines is 1. The lowest BCUT2D eigenvalue weighted by atomic mass is 10.3. The molecule has 0 fully saturated rings. The Kier molecular flexibility index (Phi) is 8.45. The van der Waals surface area contributed by atoms with Crippen LogP contribution in [0.25, 0.3) is 0 Å². The van der Waals surface area contributed by atoms with Crippen molar-refractivity contribution < 1.29 is 9.53 Å². The first-order valence-corrected chi connectivity index (χ1v) is 7.44. The van der Waals surface area contributed by atoms with Gasteiger partial charge in [-0.15, -0.1) is 0 Å². The number of carbonyl (C=O) groups excluding carboxylic acids is 1. The fourth-order valence-electron chi connectivity index (χ4n) is 1.54. The van der Waals surface area contributed by atoms with Crippen LogP contribution >= 0.6 is 15.9 Å². The normalized spacial score (nSPS) is 11.1. The van der Waals surface area contributed by atoms with Crippen LogP contribution < -0.4 is 16.0 Å². The number of halogens is 1. The topological polar surface area (TPSA) is 74.8 Å². The second-order valence-electron chi connectivity index (χ2n) is 4.22. The minimum absolute atomic E-state index is 0.0443. The van der Waals surface area contributed by atoms with Crippen molar-refractivity contribution in [3.05, 3.63) is 28.7 Å². The maximum atomic E-state index is 11.8. The Bertz CT molecular complexity index is 463. The van der Waals surface area contributed by atoms with Crippen molar-refractivity contribution >= 4 is 33.5 Å². The molecule has 7 heteroatoms. The first kappa shape index (κ1) is 17.5. The highest BCUT2D eigenvalue weighted by Crippen LogP contribution is 2.14. The summed E-state index contributed by atoms with van der Waals surface area (Å²) in [6, 6.07) is 7.46. The SMILES string of the molecule is CN=C(NCCOC)NCCC(=O)Nc1ccc(Br)cc1. The number of methoxy groups -OCH3 is 1. The van der Waals surface area contributed by atoms with Crippen LogP contribution in [0.1, 0.15) is 6.42 Å². The number of aliphatic imine (C=N–C) groups is 1. The van der Waals surface area contributed by atoms with Gasteiger partial charge in [0, 0.05) is 43.8 Å². The molecular formula is C14H21BrN4O2. The molecule has 1 aromatic carbocycles. The molecule has 0 bridgehead atoms. The molecule has 0 aliphatic carbocycles. The molecular weight excluding hydrogens is 336 g/mol. The van der Waals surface area contributed by atoms with Gasteiger partial charge >= 0.3 is 0 Å². The summed E-state index contributed by atoms with van der Waals surface area (Å²) in [7, 11) is 3.33. The van der Waals surface area contributed by atoms with Gasteiger partial charge in [0.25, 0.3) is 0 Å². The number of hydrogen-bond acceptors (Lipinski definition) is 3. The van der Waals surface area contributed by atoms with Gasteiger partial charge in [-0.25, -0.2) is 0 Å². The number of benzene rings is 1. The molecule has 0 radical (unpaired) electrons. The van der Waals surface area contributed by atoms with Crippen molar-refractivity contribution in [2.45, 2.75) is 6.42 Å². The van der Waals surface area contributed by atoms with Crippen LogP contribution in [0, 0.1) is 0 Å². The predicted molar refractivity (Wildman–Crippen MR) is 88.6 cm³/mol. The van der Waals surface area contributed by atoms with Gasteiger partial charge in [-0.05, 0) is 24.3 Å². The standard InChI is InChI=1S/C14H21BrN4O2/c1-16-14(18-9-10-21-2)17-8-7-13(20)19-12-5-3-11(15)4-6-12/h3-6H,7-10H2,1-2H3,(H,19,20)(H2,16,17,18). The molecule has 1 rings (SSSR count). The summed E-state index contributed by atoms with van der Waals surface area (Å²) in [4.78, 5) is 15.8. The van der Waals surface area contributed by atoms with Gasteiger partial charge in [0.1, 0.15) is 0 Å². The highest BCUT2D eigenvalue weighted by molar-refractivity contribution is 9.10. The molecule has 116 valence electrons. The second-order valence-corrected chi connectivity index (χ2v) is 5.14. The summed E-state index contributed by atoms with van der Waals surface area (Å²) in [6.07, 6.45) is 0.362. The zero-order chi connectivity index (χ0) is 15.5. The average molecular weight is 357 g/mol. The highest BCUT2D eigenvalue weighted by atomic mass is 79.9. The summed E-state index contributed by atoms with van der Waals surface area (Å²) in [6.45, 7) is 1.78. The Hall–Kier alpha value is -1.60. The van der Waals surface area contributed by atoms with Crippen molar-refractivity contribution in [3.63, 3.8) is 0 Å². The molecule has 1 aromatic rings. The Labute approximate surface area is 133 Å². The molecule has 0 saturated carbocycles. The minimum Gasteiger partial charge on any atom is -0.383 e. The van der Waals surface area contributed by atoms with Crippen molar-refractivity contribution in [2.75, 3.05) is 39.2 Å². The van der Waals surface area contributed by atoms with E-state index < -0.39 is 0 Å². The lowest BCUT2D eigenvalue weighted by Gasteiger charge is -2.11. The van der Waals surface area contributed by atoms with E-state index in [1.165, 1.54) is 0 Å². The minimum atomic E-state index is -0.0443. The van der Waals surface area contributed by atoms with Crippen molar-refractivity contribution in [1.82, 2.24) is 10.6 Å². The Morgan fingerprint density at radius 2 is 1.90 bits per heavy atom. The van der Waals surface area contributed by atoms with E-state index in [2.05, 4.69) is 36.9 Å². The number of amides is 1. The van der Waals surface area contributed by atoms with Crippen LogP contribution in [0.5, 0.6) is 0 Å². The van der Waals surface area contributed by atoms with E-state index in [9.17, 15) is 4.79 Å². The zero-order valence-corrected chi connectivity index (χ0v) is 13.9. The molecule has 21 heavy (non-hydrogen) atoms. The predicted octanol–water partition coefficient (Wildman–Crippen LogP) is 1.59. The fourth-order valence-corrected chi connectivity index (χ4v) is 1.81. The average Bonchev–Trinajstić information content (AvgIpc) is 2.48. The molecule has 0 aliphatic rings.